The standard InChI is InChI=1S/C15H23N3O2/c1-15(2,3)20-14(19)18-10-9-17(4)13(11-18)12-5-7-16-8-6-12/h5-8,13H,9-11H2,1-4H3. The van der Waals surface area contributed by atoms with Crippen LogP contribution in [-0.4, -0.2) is 53.2 Å². The van der Waals surface area contributed by atoms with E-state index in [2.05, 4.69) is 16.9 Å². The summed E-state index contributed by atoms with van der Waals surface area (Å²) < 4.78 is 5.45. The average Bonchev–Trinajstić information content (AvgIpc) is 2.38. The van der Waals surface area contributed by atoms with Gasteiger partial charge in [-0.3, -0.25) is 9.88 Å². The Bertz CT molecular complexity index is 456. The molecule has 0 N–H and O–H groups in total. The molecule has 1 aliphatic rings. The predicted molar refractivity (Wildman–Crippen MR) is 77.4 cm³/mol. The minimum atomic E-state index is -0.452. The summed E-state index contributed by atoms with van der Waals surface area (Å²) in [4.78, 5) is 20.3. The maximum absolute atomic E-state index is 12.2. The number of amides is 1. The number of likely N-dealkylation sites (N-methyl/N-ethyl adjacent to an activating group) is 1. The van der Waals surface area contributed by atoms with E-state index in [1.165, 1.54) is 5.56 Å². The molecule has 1 aromatic heterocycles. The van der Waals surface area contributed by atoms with E-state index in [9.17, 15) is 4.79 Å². The van der Waals surface area contributed by atoms with Gasteiger partial charge in [0, 0.05) is 32.0 Å². The second-order valence-electron chi connectivity index (χ2n) is 6.20. The molecule has 5 nitrogen and oxygen atoms in total. The van der Waals surface area contributed by atoms with Crippen molar-refractivity contribution in [3.63, 3.8) is 0 Å². The molecule has 1 fully saturated rings. The number of rotatable bonds is 1. The highest BCUT2D eigenvalue weighted by molar-refractivity contribution is 5.68. The number of piperazine rings is 1. The molecule has 1 saturated heterocycles. The molecule has 1 amide bonds. The van der Waals surface area contributed by atoms with Gasteiger partial charge in [-0.1, -0.05) is 0 Å². The molecule has 20 heavy (non-hydrogen) atoms. The summed E-state index contributed by atoms with van der Waals surface area (Å²) in [5.41, 5.74) is 0.725. The minimum Gasteiger partial charge on any atom is -0.444 e. The fraction of sp³-hybridized carbons (Fsp3) is 0.600. The summed E-state index contributed by atoms with van der Waals surface area (Å²) in [5.74, 6) is 0. The Labute approximate surface area is 120 Å². The van der Waals surface area contributed by atoms with Crippen LogP contribution in [0.15, 0.2) is 24.5 Å². The van der Waals surface area contributed by atoms with E-state index in [0.717, 1.165) is 6.54 Å². The van der Waals surface area contributed by atoms with Gasteiger partial charge >= 0.3 is 6.09 Å². The Kier molecular flexibility index (Phi) is 4.28. The van der Waals surface area contributed by atoms with Gasteiger partial charge in [-0.2, -0.15) is 0 Å². The van der Waals surface area contributed by atoms with Gasteiger partial charge < -0.3 is 9.64 Å². The van der Waals surface area contributed by atoms with E-state index in [4.69, 9.17) is 4.74 Å². The Morgan fingerprint density at radius 1 is 1.30 bits per heavy atom. The van der Waals surface area contributed by atoms with Gasteiger partial charge in [0.05, 0.1) is 6.04 Å². The van der Waals surface area contributed by atoms with Crippen LogP contribution in [0.5, 0.6) is 0 Å². The first-order valence-corrected chi connectivity index (χ1v) is 6.95. The molecule has 0 saturated carbocycles. The van der Waals surface area contributed by atoms with E-state index in [1.807, 2.05) is 32.9 Å². The van der Waals surface area contributed by atoms with Crippen LogP contribution in [0.25, 0.3) is 0 Å². The normalized spacial score (nSPS) is 20.8. The number of ether oxygens (including phenoxy) is 1. The van der Waals surface area contributed by atoms with Gasteiger partial charge in [-0.25, -0.2) is 4.79 Å². The zero-order valence-corrected chi connectivity index (χ0v) is 12.7. The number of hydrogen-bond donors (Lipinski definition) is 0. The van der Waals surface area contributed by atoms with Gasteiger partial charge in [0.1, 0.15) is 5.60 Å². The largest absolute Gasteiger partial charge is 0.444 e. The number of hydrogen-bond acceptors (Lipinski definition) is 4. The van der Waals surface area contributed by atoms with Crippen LogP contribution in [0.1, 0.15) is 32.4 Å². The van der Waals surface area contributed by atoms with Crippen LogP contribution >= 0.6 is 0 Å². The van der Waals surface area contributed by atoms with Crippen LogP contribution in [-0.2, 0) is 4.74 Å². The lowest BCUT2D eigenvalue weighted by atomic mass is 10.0. The van der Waals surface area contributed by atoms with Crippen molar-refractivity contribution < 1.29 is 9.53 Å². The fourth-order valence-electron chi connectivity index (χ4n) is 2.31. The van der Waals surface area contributed by atoms with E-state index < -0.39 is 5.60 Å². The van der Waals surface area contributed by atoms with Crippen molar-refractivity contribution in [1.82, 2.24) is 14.8 Å². The second-order valence-corrected chi connectivity index (χ2v) is 6.20. The summed E-state index contributed by atoms with van der Waals surface area (Å²) in [6, 6.07) is 4.19. The van der Waals surface area contributed by atoms with Gasteiger partial charge in [-0.05, 0) is 45.5 Å². The Hall–Kier alpha value is -1.62. The van der Waals surface area contributed by atoms with Crippen molar-refractivity contribution in [2.45, 2.75) is 32.4 Å². The molecular formula is C15H23N3O2. The summed E-state index contributed by atoms with van der Waals surface area (Å²) >= 11 is 0. The molecule has 0 spiro atoms. The van der Waals surface area contributed by atoms with Gasteiger partial charge in [-0.15, -0.1) is 0 Å². The second kappa shape index (κ2) is 5.79. The Morgan fingerprint density at radius 3 is 2.55 bits per heavy atom. The zero-order valence-electron chi connectivity index (χ0n) is 12.7. The van der Waals surface area contributed by atoms with Crippen molar-refractivity contribution in [3.05, 3.63) is 30.1 Å². The van der Waals surface area contributed by atoms with Crippen molar-refractivity contribution >= 4 is 6.09 Å². The molecule has 0 aliphatic carbocycles. The van der Waals surface area contributed by atoms with Crippen LogP contribution in [0.2, 0.25) is 0 Å². The van der Waals surface area contributed by atoms with E-state index in [-0.39, 0.29) is 12.1 Å². The number of aromatic nitrogens is 1. The highest BCUT2D eigenvalue weighted by Gasteiger charge is 2.30. The molecule has 110 valence electrons. The topological polar surface area (TPSA) is 45.7 Å². The third-order valence-electron chi connectivity index (χ3n) is 3.39. The summed E-state index contributed by atoms with van der Waals surface area (Å²) in [5, 5.41) is 0. The first-order valence-electron chi connectivity index (χ1n) is 6.95. The van der Waals surface area contributed by atoms with Gasteiger partial charge in [0.15, 0.2) is 0 Å². The van der Waals surface area contributed by atoms with Crippen LogP contribution in [0, 0.1) is 0 Å². The third-order valence-corrected chi connectivity index (χ3v) is 3.39. The smallest absolute Gasteiger partial charge is 0.410 e. The molecule has 1 aliphatic heterocycles. The Balaban J connectivity index is 2.07. The van der Waals surface area contributed by atoms with E-state index in [1.54, 1.807) is 17.3 Å². The fourth-order valence-corrected chi connectivity index (χ4v) is 2.31. The summed E-state index contributed by atoms with van der Waals surface area (Å²) in [6.07, 6.45) is 3.34. The first-order chi connectivity index (χ1) is 9.37. The van der Waals surface area contributed by atoms with Gasteiger partial charge in [0.2, 0.25) is 0 Å². The molecule has 0 radical (unpaired) electrons. The molecule has 5 heteroatoms. The average molecular weight is 277 g/mol. The predicted octanol–water partition coefficient (Wildman–Crippen LogP) is 2.31. The SMILES string of the molecule is CN1CCN(C(=O)OC(C)(C)C)CC1c1ccncc1. The van der Waals surface area contributed by atoms with E-state index in [0.29, 0.717) is 13.1 Å². The number of carbonyl (C=O) groups is 1. The van der Waals surface area contributed by atoms with Crippen molar-refractivity contribution in [3.8, 4) is 0 Å². The summed E-state index contributed by atoms with van der Waals surface area (Å²) in [6.45, 7) is 7.86. The zero-order chi connectivity index (χ0) is 14.8. The van der Waals surface area contributed by atoms with Gasteiger partial charge in [0.25, 0.3) is 0 Å². The first kappa shape index (κ1) is 14.8. The molecule has 0 aromatic carbocycles. The number of nitrogens with zero attached hydrogens (tertiary/aromatic N) is 3. The molecule has 0 bridgehead atoms. The molecule has 1 aromatic rings. The van der Waals surface area contributed by atoms with E-state index >= 15 is 0 Å². The third kappa shape index (κ3) is 3.70. The van der Waals surface area contributed by atoms with Crippen LogP contribution < -0.4 is 0 Å². The molecule has 1 atom stereocenters. The van der Waals surface area contributed by atoms with Crippen LogP contribution in [0.4, 0.5) is 4.79 Å². The van der Waals surface area contributed by atoms with Crippen molar-refractivity contribution in [2.75, 3.05) is 26.7 Å². The quantitative estimate of drug-likeness (QED) is 0.790. The van der Waals surface area contributed by atoms with Crippen molar-refractivity contribution in [2.24, 2.45) is 0 Å². The maximum atomic E-state index is 12.2. The number of carbonyl (C=O) groups excluding carboxylic acids is 1. The highest BCUT2D eigenvalue weighted by atomic mass is 16.6. The minimum absolute atomic E-state index is 0.194. The Morgan fingerprint density at radius 2 is 1.95 bits per heavy atom. The van der Waals surface area contributed by atoms with Crippen LogP contribution in [0.3, 0.4) is 0 Å². The lowest BCUT2D eigenvalue weighted by Crippen LogP contribution is -2.50. The number of pyridine rings is 1. The lowest BCUT2D eigenvalue weighted by Gasteiger charge is -2.40. The molecule has 2 rings (SSSR count). The van der Waals surface area contributed by atoms with Crippen molar-refractivity contribution in [1.29, 1.82) is 0 Å². The maximum Gasteiger partial charge on any atom is 0.410 e. The molecule has 2 heterocycles. The highest BCUT2D eigenvalue weighted by Crippen LogP contribution is 2.24. The lowest BCUT2D eigenvalue weighted by molar-refractivity contribution is 0.00739. The summed E-state index contributed by atoms with van der Waals surface area (Å²) in [7, 11) is 2.08. The molecule has 1 unspecified atom stereocenters. The molecular weight excluding hydrogens is 254 g/mol. The monoisotopic (exact) mass is 277 g/mol.